The van der Waals surface area contributed by atoms with Gasteiger partial charge in [0, 0.05) is 6.54 Å². The van der Waals surface area contributed by atoms with E-state index in [1.807, 2.05) is 19.1 Å². The fourth-order valence-corrected chi connectivity index (χ4v) is 1.76. The van der Waals surface area contributed by atoms with Gasteiger partial charge in [0.15, 0.2) is 0 Å². The third-order valence-corrected chi connectivity index (χ3v) is 2.82. The van der Waals surface area contributed by atoms with Crippen molar-refractivity contribution in [1.29, 1.82) is 0 Å². The van der Waals surface area contributed by atoms with Gasteiger partial charge < -0.3 is 10.1 Å². The summed E-state index contributed by atoms with van der Waals surface area (Å²) in [6, 6.07) is 4.91. The smallest absolute Gasteiger partial charge is 0.416 e. The average Bonchev–Trinajstić information content (AvgIpc) is 2.31. The van der Waals surface area contributed by atoms with Crippen LogP contribution in [0.25, 0.3) is 0 Å². The number of alkyl halides is 3. The Morgan fingerprint density at radius 2 is 1.94 bits per heavy atom. The second kappa shape index (κ2) is 5.02. The molecule has 5 heteroatoms. The fraction of sp³-hybridized carbons (Fsp3) is 0.385. The highest BCUT2D eigenvalue weighted by molar-refractivity contribution is 5.29. The van der Waals surface area contributed by atoms with Gasteiger partial charge in [-0.15, -0.1) is 0 Å². The minimum atomic E-state index is -4.30. The molecule has 2 atom stereocenters. The highest BCUT2D eigenvalue weighted by Gasteiger charge is 2.31. The summed E-state index contributed by atoms with van der Waals surface area (Å²) < 4.78 is 42.7. The van der Waals surface area contributed by atoms with E-state index in [-0.39, 0.29) is 12.1 Å². The molecule has 1 fully saturated rings. The standard InChI is InChI=1S/C13H14F3NO/c1-2-3-11-12(8-17-11)18-10-6-4-9(5-7-10)13(14,15)16/h2-7,11-12,17H,8H2,1H3. The summed E-state index contributed by atoms with van der Waals surface area (Å²) in [4.78, 5) is 0. The van der Waals surface area contributed by atoms with E-state index in [1.165, 1.54) is 12.1 Å². The third-order valence-electron chi connectivity index (χ3n) is 2.82. The molecule has 18 heavy (non-hydrogen) atoms. The number of allylic oxidation sites excluding steroid dienone is 1. The van der Waals surface area contributed by atoms with E-state index in [2.05, 4.69) is 5.32 Å². The Morgan fingerprint density at radius 1 is 1.28 bits per heavy atom. The third kappa shape index (κ3) is 2.85. The minimum absolute atomic E-state index is 0.0158. The predicted octanol–water partition coefficient (Wildman–Crippen LogP) is 3.00. The summed E-state index contributed by atoms with van der Waals surface area (Å²) >= 11 is 0. The Kier molecular flexibility index (Phi) is 3.61. The van der Waals surface area contributed by atoms with Crippen LogP contribution < -0.4 is 10.1 Å². The lowest BCUT2D eigenvalue weighted by Crippen LogP contribution is -2.58. The van der Waals surface area contributed by atoms with E-state index in [0.29, 0.717) is 12.3 Å². The molecule has 1 aromatic rings. The molecular weight excluding hydrogens is 243 g/mol. The molecule has 0 spiro atoms. The quantitative estimate of drug-likeness (QED) is 0.840. The van der Waals surface area contributed by atoms with Crippen molar-refractivity contribution in [2.45, 2.75) is 25.2 Å². The molecule has 2 rings (SSSR count). The van der Waals surface area contributed by atoms with Gasteiger partial charge in [0.25, 0.3) is 0 Å². The van der Waals surface area contributed by atoms with E-state index in [9.17, 15) is 13.2 Å². The van der Waals surface area contributed by atoms with E-state index < -0.39 is 11.7 Å². The maximum absolute atomic E-state index is 12.4. The first kappa shape index (κ1) is 13.0. The minimum Gasteiger partial charge on any atom is -0.487 e. The van der Waals surface area contributed by atoms with Gasteiger partial charge in [-0.3, -0.25) is 0 Å². The summed E-state index contributed by atoms with van der Waals surface area (Å²) in [6.07, 6.45) is -0.430. The van der Waals surface area contributed by atoms with Crippen molar-refractivity contribution in [1.82, 2.24) is 5.32 Å². The van der Waals surface area contributed by atoms with Gasteiger partial charge >= 0.3 is 6.18 Å². The highest BCUT2D eigenvalue weighted by atomic mass is 19.4. The summed E-state index contributed by atoms with van der Waals surface area (Å²) in [5.41, 5.74) is -0.661. The predicted molar refractivity (Wildman–Crippen MR) is 62.5 cm³/mol. The van der Waals surface area contributed by atoms with E-state index in [0.717, 1.165) is 12.1 Å². The lowest BCUT2D eigenvalue weighted by Gasteiger charge is -2.36. The number of hydrogen-bond acceptors (Lipinski definition) is 2. The van der Waals surface area contributed by atoms with Crippen molar-refractivity contribution < 1.29 is 17.9 Å². The van der Waals surface area contributed by atoms with Crippen LogP contribution in [0.3, 0.4) is 0 Å². The first-order chi connectivity index (χ1) is 8.50. The lowest BCUT2D eigenvalue weighted by atomic mass is 10.0. The fourth-order valence-electron chi connectivity index (χ4n) is 1.76. The molecule has 0 aromatic heterocycles. The number of nitrogens with one attached hydrogen (secondary N) is 1. The number of benzene rings is 1. The summed E-state index contributed by atoms with van der Waals surface area (Å²) in [7, 11) is 0. The summed E-state index contributed by atoms with van der Waals surface area (Å²) in [5.74, 6) is 0.462. The second-order valence-electron chi connectivity index (χ2n) is 4.14. The van der Waals surface area contributed by atoms with Crippen LogP contribution in [0.15, 0.2) is 36.4 Å². The van der Waals surface area contributed by atoms with Crippen molar-refractivity contribution in [3.63, 3.8) is 0 Å². The molecule has 2 unspecified atom stereocenters. The van der Waals surface area contributed by atoms with Crippen LogP contribution in [0.4, 0.5) is 13.2 Å². The van der Waals surface area contributed by atoms with E-state index >= 15 is 0 Å². The van der Waals surface area contributed by atoms with Crippen LogP contribution in [0.2, 0.25) is 0 Å². The average molecular weight is 257 g/mol. The SMILES string of the molecule is CC=CC1NCC1Oc1ccc(C(F)(F)F)cc1. The molecule has 0 radical (unpaired) electrons. The van der Waals surface area contributed by atoms with Gasteiger partial charge in [-0.2, -0.15) is 13.2 Å². The Bertz CT molecular complexity index is 425. The molecule has 1 aliphatic rings. The van der Waals surface area contributed by atoms with Crippen molar-refractivity contribution >= 4 is 0 Å². The number of hydrogen-bond donors (Lipinski definition) is 1. The molecule has 0 bridgehead atoms. The van der Waals surface area contributed by atoms with Gasteiger partial charge in [0.05, 0.1) is 11.6 Å². The molecule has 0 saturated carbocycles. The second-order valence-corrected chi connectivity index (χ2v) is 4.14. The van der Waals surface area contributed by atoms with Gasteiger partial charge in [-0.25, -0.2) is 0 Å². The molecule has 1 aromatic carbocycles. The van der Waals surface area contributed by atoms with Crippen LogP contribution >= 0.6 is 0 Å². The van der Waals surface area contributed by atoms with E-state index in [4.69, 9.17) is 4.74 Å². The monoisotopic (exact) mass is 257 g/mol. The molecule has 1 aliphatic heterocycles. The molecule has 0 amide bonds. The lowest BCUT2D eigenvalue weighted by molar-refractivity contribution is -0.137. The molecular formula is C13H14F3NO. The van der Waals surface area contributed by atoms with Crippen molar-refractivity contribution in [3.8, 4) is 5.75 Å². The molecule has 1 heterocycles. The number of halogens is 3. The maximum Gasteiger partial charge on any atom is 0.416 e. The van der Waals surface area contributed by atoms with Crippen LogP contribution in [-0.4, -0.2) is 18.7 Å². The topological polar surface area (TPSA) is 21.3 Å². The molecule has 1 saturated heterocycles. The van der Waals surface area contributed by atoms with Crippen LogP contribution in [0, 0.1) is 0 Å². The zero-order chi connectivity index (χ0) is 13.2. The van der Waals surface area contributed by atoms with Crippen molar-refractivity contribution in [3.05, 3.63) is 42.0 Å². The first-order valence-corrected chi connectivity index (χ1v) is 5.71. The zero-order valence-electron chi connectivity index (χ0n) is 9.87. The van der Waals surface area contributed by atoms with Gasteiger partial charge in [0.2, 0.25) is 0 Å². The Labute approximate surface area is 103 Å². The maximum atomic E-state index is 12.4. The zero-order valence-corrected chi connectivity index (χ0v) is 9.87. The van der Waals surface area contributed by atoms with Gasteiger partial charge in [-0.1, -0.05) is 12.2 Å². The Balaban J connectivity index is 1.99. The van der Waals surface area contributed by atoms with Crippen LogP contribution in [0.5, 0.6) is 5.75 Å². The normalized spacial score (nSPS) is 24.0. The summed E-state index contributed by atoms with van der Waals surface area (Å²) in [5, 5.41) is 3.16. The van der Waals surface area contributed by atoms with E-state index in [1.54, 1.807) is 0 Å². The molecule has 98 valence electrons. The van der Waals surface area contributed by atoms with Crippen molar-refractivity contribution in [2.24, 2.45) is 0 Å². The molecule has 2 nitrogen and oxygen atoms in total. The van der Waals surface area contributed by atoms with Gasteiger partial charge in [0.1, 0.15) is 11.9 Å². The van der Waals surface area contributed by atoms with Crippen LogP contribution in [-0.2, 0) is 6.18 Å². The van der Waals surface area contributed by atoms with Crippen molar-refractivity contribution in [2.75, 3.05) is 6.54 Å². The molecule has 1 N–H and O–H groups in total. The Morgan fingerprint density at radius 3 is 2.39 bits per heavy atom. The molecule has 0 aliphatic carbocycles. The van der Waals surface area contributed by atoms with Crippen LogP contribution in [0.1, 0.15) is 12.5 Å². The highest BCUT2D eigenvalue weighted by Crippen LogP contribution is 2.30. The Hall–Kier alpha value is -1.49. The number of rotatable bonds is 3. The first-order valence-electron chi connectivity index (χ1n) is 5.71. The number of ether oxygens (including phenoxy) is 1. The largest absolute Gasteiger partial charge is 0.487 e. The van der Waals surface area contributed by atoms with Gasteiger partial charge in [-0.05, 0) is 31.2 Å². The summed E-state index contributed by atoms with van der Waals surface area (Å²) in [6.45, 7) is 2.62.